The first-order valence-electron chi connectivity index (χ1n) is 10.3. The molecule has 1 nitrogen and oxygen atoms in total. The lowest BCUT2D eigenvalue weighted by Crippen LogP contribution is -2.52. The van der Waals surface area contributed by atoms with Gasteiger partial charge in [0.1, 0.15) is 0 Å². The smallest absolute Gasteiger partial charge is 0.163 e. The van der Waals surface area contributed by atoms with Gasteiger partial charge in [-0.3, -0.25) is 4.79 Å². The van der Waals surface area contributed by atoms with E-state index < -0.39 is 8.07 Å². The van der Waals surface area contributed by atoms with Gasteiger partial charge in [-0.25, -0.2) is 0 Å². The molecule has 0 aliphatic heterocycles. The van der Waals surface area contributed by atoms with Crippen LogP contribution in [0.4, 0.5) is 0 Å². The van der Waals surface area contributed by atoms with E-state index in [-0.39, 0.29) is 11.0 Å². The van der Waals surface area contributed by atoms with Gasteiger partial charge in [0.15, 0.2) is 5.78 Å². The molecule has 0 amide bonds. The SMILES string of the molecule is CC[Si](CC)(CC)[C@]12CC(C)=C(C)C[C@H]1C(=O)C1=C2CC(C)=C(C)C1. The molecule has 0 aromatic carbocycles. The number of carbonyl (C=O) groups excluding carboxylic acids is 1. The summed E-state index contributed by atoms with van der Waals surface area (Å²) in [7, 11) is -1.58. The molecule has 2 atom stereocenters. The summed E-state index contributed by atoms with van der Waals surface area (Å²) < 4.78 is 0. The van der Waals surface area contributed by atoms with Crippen molar-refractivity contribution in [3.05, 3.63) is 33.4 Å². The van der Waals surface area contributed by atoms with Gasteiger partial charge in [-0.2, -0.15) is 0 Å². The van der Waals surface area contributed by atoms with E-state index in [4.69, 9.17) is 0 Å². The molecule has 0 aromatic heterocycles. The first-order valence-corrected chi connectivity index (χ1v) is 13.0. The van der Waals surface area contributed by atoms with Crippen LogP contribution in [0.3, 0.4) is 0 Å². The molecular weight excluding hydrogens is 320 g/mol. The third kappa shape index (κ3) is 2.36. The largest absolute Gasteiger partial charge is 0.294 e. The minimum atomic E-state index is -1.58. The molecule has 3 aliphatic rings. The van der Waals surface area contributed by atoms with E-state index in [0.717, 1.165) is 19.3 Å². The molecule has 25 heavy (non-hydrogen) atoms. The van der Waals surface area contributed by atoms with Crippen LogP contribution in [0.2, 0.25) is 23.2 Å². The van der Waals surface area contributed by atoms with Crippen LogP contribution in [0.25, 0.3) is 0 Å². The monoisotopic (exact) mass is 356 g/mol. The summed E-state index contributed by atoms with van der Waals surface area (Å²) in [6.45, 7) is 16.4. The van der Waals surface area contributed by atoms with Gasteiger partial charge in [0.25, 0.3) is 0 Å². The molecule has 0 saturated carbocycles. The molecule has 0 spiro atoms. The molecule has 2 heteroatoms. The molecule has 0 N–H and O–H groups in total. The van der Waals surface area contributed by atoms with Crippen LogP contribution in [0.15, 0.2) is 33.4 Å². The maximum absolute atomic E-state index is 13.6. The van der Waals surface area contributed by atoms with Crippen molar-refractivity contribution in [2.24, 2.45) is 5.92 Å². The average Bonchev–Trinajstić information content (AvgIpc) is 2.81. The predicted octanol–water partition coefficient (Wildman–Crippen LogP) is 6.99. The van der Waals surface area contributed by atoms with Crippen LogP contribution in [0.5, 0.6) is 0 Å². The molecule has 3 rings (SSSR count). The lowest BCUT2D eigenvalue weighted by molar-refractivity contribution is -0.119. The predicted molar refractivity (Wildman–Crippen MR) is 111 cm³/mol. The normalized spacial score (nSPS) is 30.2. The van der Waals surface area contributed by atoms with E-state index in [1.54, 1.807) is 11.1 Å². The summed E-state index contributed by atoms with van der Waals surface area (Å²) in [6.07, 6.45) is 4.19. The van der Waals surface area contributed by atoms with Gasteiger partial charge in [-0.15, -0.1) is 0 Å². The third-order valence-electron chi connectivity index (χ3n) is 8.48. The molecule has 3 aliphatic carbocycles. The van der Waals surface area contributed by atoms with Gasteiger partial charge in [-0.1, -0.05) is 66.8 Å². The van der Waals surface area contributed by atoms with Crippen molar-refractivity contribution in [3.63, 3.8) is 0 Å². The second-order valence-corrected chi connectivity index (χ2v) is 14.6. The lowest BCUT2D eigenvalue weighted by Gasteiger charge is -2.54. The van der Waals surface area contributed by atoms with E-state index >= 15 is 0 Å². The second-order valence-electron chi connectivity index (χ2n) is 9.04. The van der Waals surface area contributed by atoms with Crippen LogP contribution >= 0.6 is 0 Å². The van der Waals surface area contributed by atoms with Crippen molar-refractivity contribution < 1.29 is 4.79 Å². The molecule has 0 aromatic rings. The number of ketones is 1. The third-order valence-corrected chi connectivity index (χ3v) is 15.3. The second kappa shape index (κ2) is 6.37. The fourth-order valence-electron chi connectivity index (χ4n) is 6.47. The number of hydrogen-bond donors (Lipinski definition) is 0. The minimum Gasteiger partial charge on any atom is -0.294 e. The molecule has 0 radical (unpaired) electrons. The zero-order chi connectivity index (χ0) is 18.6. The maximum atomic E-state index is 13.6. The molecule has 0 fully saturated rings. The van der Waals surface area contributed by atoms with Gasteiger partial charge >= 0.3 is 0 Å². The number of fused-ring (bicyclic) bond motifs is 2. The van der Waals surface area contributed by atoms with Gasteiger partial charge in [0.2, 0.25) is 0 Å². The molecule has 0 heterocycles. The van der Waals surface area contributed by atoms with E-state index in [1.807, 2.05) is 0 Å². The Bertz CT molecular complexity index is 693. The van der Waals surface area contributed by atoms with Crippen LogP contribution in [-0.2, 0) is 4.79 Å². The Kier molecular flexibility index (Phi) is 4.81. The molecule has 0 unspecified atom stereocenters. The number of rotatable bonds is 4. The zero-order valence-electron chi connectivity index (χ0n) is 17.4. The standard InChI is InChI=1S/C23H36OSi/c1-8-25(9-2,10-3)23-14-18(7)17(6)13-21(23)22(24)19-11-15(4)16(5)12-20(19)23/h21H,8-14H2,1-7H3/t21-,23-/m0/s1. The highest BCUT2D eigenvalue weighted by atomic mass is 28.3. The summed E-state index contributed by atoms with van der Waals surface area (Å²) in [6, 6.07) is 3.94. The van der Waals surface area contributed by atoms with Gasteiger partial charge in [0.05, 0.1) is 8.07 Å². The van der Waals surface area contributed by atoms with Crippen molar-refractivity contribution in [1.82, 2.24) is 0 Å². The minimum absolute atomic E-state index is 0.212. The highest BCUT2D eigenvalue weighted by molar-refractivity contribution is 6.84. The summed E-state index contributed by atoms with van der Waals surface area (Å²) in [5, 5.41) is 0.212. The van der Waals surface area contributed by atoms with Crippen molar-refractivity contribution in [2.75, 3.05) is 0 Å². The fourth-order valence-corrected chi connectivity index (χ4v) is 12.4. The van der Waals surface area contributed by atoms with Crippen molar-refractivity contribution in [2.45, 2.75) is 97.3 Å². The van der Waals surface area contributed by atoms with Gasteiger partial charge in [0, 0.05) is 11.0 Å². The van der Waals surface area contributed by atoms with Crippen molar-refractivity contribution in [3.8, 4) is 0 Å². The molecule has 0 saturated heterocycles. The Balaban J connectivity index is 2.26. The average molecular weight is 357 g/mol. The molecular formula is C23H36OSi. The summed E-state index contributed by atoms with van der Waals surface area (Å²) >= 11 is 0. The zero-order valence-corrected chi connectivity index (χ0v) is 18.4. The van der Waals surface area contributed by atoms with Crippen LogP contribution in [0, 0.1) is 5.92 Å². The Morgan fingerprint density at radius 1 is 0.880 bits per heavy atom. The van der Waals surface area contributed by atoms with Gasteiger partial charge < -0.3 is 0 Å². The summed E-state index contributed by atoms with van der Waals surface area (Å²) in [4.78, 5) is 13.6. The number of Topliss-reactive ketones (excluding diaryl/α,β-unsaturated/α-hetero) is 1. The summed E-state index contributed by atoms with van der Waals surface area (Å²) in [5.41, 5.74) is 8.88. The van der Waals surface area contributed by atoms with Crippen LogP contribution < -0.4 is 0 Å². The first-order chi connectivity index (χ1) is 11.8. The fraction of sp³-hybridized carbons (Fsp3) is 0.696. The first kappa shape index (κ1) is 18.9. The Morgan fingerprint density at radius 2 is 1.44 bits per heavy atom. The van der Waals surface area contributed by atoms with Crippen LogP contribution in [-0.4, -0.2) is 13.9 Å². The Hall–Kier alpha value is -0.893. The molecule has 0 bridgehead atoms. The Labute approximate surface area is 155 Å². The summed E-state index contributed by atoms with van der Waals surface area (Å²) in [5.74, 6) is 0.785. The van der Waals surface area contributed by atoms with E-state index in [1.165, 1.54) is 46.8 Å². The van der Waals surface area contributed by atoms with Crippen LogP contribution in [0.1, 0.15) is 74.1 Å². The van der Waals surface area contributed by atoms with Crippen molar-refractivity contribution in [1.29, 1.82) is 0 Å². The molecule has 138 valence electrons. The topological polar surface area (TPSA) is 17.1 Å². The van der Waals surface area contributed by atoms with E-state index in [0.29, 0.717) is 5.78 Å². The highest BCUT2D eigenvalue weighted by Crippen LogP contribution is 2.69. The number of allylic oxidation sites excluding steroid dienone is 6. The number of carbonyl (C=O) groups is 1. The quantitative estimate of drug-likeness (QED) is 0.392. The van der Waals surface area contributed by atoms with E-state index in [9.17, 15) is 4.79 Å². The van der Waals surface area contributed by atoms with E-state index in [2.05, 4.69) is 48.5 Å². The maximum Gasteiger partial charge on any atom is 0.163 e. The Morgan fingerprint density at radius 3 is 2.00 bits per heavy atom. The van der Waals surface area contributed by atoms with Crippen molar-refractivity contribution >= 4 is 13.9 Å². The number of hydrogen-bond acceptors (Lipinski definition) is 1. The highest BCUT2D eigenvalue weighted by Gasteiger charge is 2.63. The van der Waals surface area contributed by atoms with Gasteiger partial charge in [-0.05, 0) is 59.0 Å². The lowest BCUT2D eigenvalue weighted by atomic mass is 9.73.